The Labute approximate surface area is 128 Å². The van der Waals surface area contributed by atoms with Gasteiger partial charge >= 0.3 is 0 Å². The number of nitrogens with zero attached hydrogens (tertiary/aromatic N) is 1. The molecule has 5 heteroatoms. The van der Waals surface area contributed by atoms with Crippen molar-refractivity contribution in [1.29, 1.82) is 0 Å². The lowest BCUT2D eigenvalue weighted by Crippen LogP contribution is -2.17. The number of amides is 1. The average Bonchev–Trinajstić information content (AvgIpc) is 2.96. The quantitative estimate of drug-likeness (QED) is 0.692. The van der Waals surface area contributed by atoms with Gasteiger partial charge in [-0.1, -0.05) is 19.1 Å². The molecule has 0 bridgehead atoms. The maximum Gasteiger partial charge on any atom is 0.251 e. The van der Waals surface area contributed by atoms with Crippen LogP contribution in [0.25, 0.3) is 11.0 Å². The molecule has 0 atom stereocenters. The summed E-state index contributed by atoms with van der Waals surface area (Å²) in [6.45, 7) is 2.13. The predicted molar refractivity (Wildman–Crippen MR) is 88.6 cm³/mol. The Morgan fingerprint density at radius 1 is 1.18 bits per heavy atom. The zero-order chi connectivity index (χ0) is 15.5. The van der Waals surface area contributed by atoms with E-state index in [9.17, 15) is 4.79 Å². The van der Waals surface area contributed by atoms with Crippen LogP contribution in [-0.2, 0) is 6.42 Å². The number of rotatable bonds is 4. The van der Waals surface area contributed by atoms with Gasteiger partial charge in [-0.2, -0.15) is 0 Å². The molecular weight excluding hydrogens is 276 g/mol. The largest absolute Gasteiger partial charge is 0.355 e. The molecule has 0 radical (unpaired) electrons. The molecule has 1 amide bonds. The molecule has 1 heterocycles. The molecule has 3 aromatic rings. The van der Waals surface area contributed by atoms with Crippen molar-refractivity contribution in [2.75, 3.05) is 12.4 Å². The van der Waals surface area contributed by atoms with E-state index in [0.29, 0.717) is 11.5 Å². The number of aryl methyl sites for hydroxylation is 1. The first-order valence-corrected chi connectivity index (χ1v) is 7.27. The summed E-state index contributed by atoms with van der Waals surface area (Å²) in [4.78, 5) is 19.3. The minimum atomic E-state index is -0.116. The summed E-state index contributed by atoms with van der Waals surface area (Å²) in [6.07, 6.45) is 1.02. The van der Waals surface area contributed by atoms with Crippen LogP contribution in [0.15, 0.2) is 42.5 Å². The summed E-state index contributed by atoms with van der Waals surface area (Å²) in [7, 11) is 1.62. The zero-order valence-electron chi connectivity index (χ0n) is 12.6. The van der Waals surface area contributed by atoms with E-state index in [1.54, 1.807) is 19.2 Å². The van der Waals surface area contributed by atoms with Gasteiger partial charge in [-0.25, -0.2) is 4.98 Å². The number of aromatic amines is 1. The van der Waals surface area contributed by atoms with E-state index >= 15 is 0 Å². The number of aromatic nitrogens is 2. The number of hydrogen-bond donors (Lipinski definition) is 3. The van der Waals surface area contributed by atoms with E-state index in [-0.39, 0.29) is 5.91 Å². The van der Waals surface area contributed by atoms with E-state index in [0.717, 1.165) is 23.1 Å². The molecule has 5 nitrogen and oxygen atoms in total. The topological polar surface area (TPSA) is 69.8 Å². The molecule has 0 fully saturated rings. The van der Waals surface area contributed by atoms with Gasteiger partial charge in [-0.3, -0.25) is 4.79 Å². The average molecular weight is 294 g/mol. The Balaban J connectivity index is 1.86. The summed E-state index contributed by atoms with van der Waals surface area (Å²) in [5, 5.41) is 5.85. The Morgan fingerprint density at radius 2 is 1.95 bits per heavy atom. The molecule has 0 aliphatic rings. The molecule has 112 valence electrons. The fraction of sp³-hybridized carbons (Fsp3) is 0.176. The highest BCUT2D eigenvalue weighted by Crippen LogP contribution is 2.20. The van der Waals surface area contributed by atoms with Gasteiger partial charge in [0.1, 0.15) is 0 Å². The Hall–Kier alpha value is -2.82. The summed E-state index contributed by atoms with van der Waals surface area (Å²) in [5.41, 5.74) is 4.52. The molecule has 1 aromatic heterocycles. The predicted octanol–water partition coefficient (Wildman–Crippen LogP) is 3.23. The molecule has 0 unspecified atom stereocenters. The van der Waals surface area contributed by atoms with E-state index < -0.39 is 0 Å². The van der Waals surface area contributed by atoms with Crippen molar-refractivity contribution in [1.82, 2.24) is 15.3 Å². The first-order chi connectivity index (χ1) is 10.7. The number of hydrogen-bond acceptors (Lipinski definition) is 3. The van der Waals surface area contributed by atoms with E-state index in [1.165, 1.54) is 5.56 Å². The lowest BCUT2D eigenvalue weighted by atomic mass is 10.1. The van der Waals surface area contributed by atoms with Crippen molar-refractivity contribution < 1.29 is 4.79 Å². The van der Waals surface area contributed by atoms with E-state index in [2.05, 4.69) is 39.7 Å². The fourth-order valence-corrected chi connectivity index (χ4v) is 2.31. The van der Waals surface area contributed by atoms with Gasteiger partial charge in [-0.05, 0) is 42.3 Å². The van der Waals surface area contributed by atoms with Crippen LogP contribution < -0.4 is 10.6 Å². The summed E-state index contributed by atoms with van der Waals surface area (Å²) in [6, 6.07) is 13.7. The molecule has 3 rings (SSSR count). The molecule has 22 heavy (non-hydrogen) atoms. The summed E-state index contributed by atoms with van der Waals surface area (Å²) in [5.74, 6) is 0.544. The lowest BCUT2D eigenvalue weighted by molar-refractivity contribution is 0.0963. The molecule has 0 aliphatic heterocycles. The highest BCUT2D eigenvalue weighted by molar-refractivity contribution is 5.97. The Kier molecular flexibility index (Phi) is 3.78. The van der Waals surface area contributed by atoms with Crippen molar-refractivity contribution in [3.8, 4) is 0 Å². The highest BCUT2D eigenvalue weighted by Gasteiger charge is 2.08. The first-order valence-electron chi connectivity index (χ1n) is 7.27. The maximum absolute atomic E-state index is 11.7. The van der Waals surface area contributed by atoms with E-state index in [4.69, 9.17) is 0 Å². The second-order valence-electron chi connectivity index (χ2n) is 5.07. The van der Waals surface area contributed by atoms with Gasteiger partial charge in [0.2, 0.25) is 5.95 Å². The van der Waals surface area contributed by atoms with Crippen LogP contribution in [0.2, 0.25) is 0 Å². The molecular formula is C17H18N4O. The van der Waals surface area contributed by atoms with Gasteiger partial charge in [-0.15, -0.1) is 0 Å². The number of benzene rings is 2. The van der Waals surface area contributed by atoms with Gasteiger partial charge < -0.3 is 15.6 Å². The van der Waals surface area contributed by atoms with Crippen LogP contribution >= 0.6 is 0 Å². The second-order valence-corrected chi connectivity index (χ2v) is 5.07. The minimum Gasteiger partial charge on any atom is -0.355 e. The van der Waals surface area contributed by atoms with Crippen molar-refractivity contribution in [3.05, 3.63) is 53.6 Å². The third kappa shape index (κ3) is 2.79. The lowest BCUT2D eigenvalue weighted by Gasteiger charge is -2.03. The Bertz CT molecular complexity index is 805. The van der Waals surface area contributed by atoms with Crippen molar-refractivity contribution >= 4 is 28.6 Å². The standard InChI is InChI=1S/C17H18N4O/c1-3-11-4-7-13(8-5-11)19-17-20-14-9-6-12(16(22)18-2)10-15(14)21-17/h4-10H,3H2,1-2H3,(H,18,22)(H2,19,20,21). The van der Waals surface area contributed by atoms with Crippen LogP contribution in [0.4, 0.5) is 11.6 Å². The number of nitrogens with one attached hydrogen (secondary N) is 3. The molecule has 0 saturated heterocycles. The van der Waals surface area contributed by atoms with Crippen LogP contribution in [0, 0.1) is 0 Å². The van der Waals surface area contributed by atoms with Crippen LogP contribution in [0.5, 0.6) is 0 Å². The van der Waals surface area contributed by atoms with Crippen molar-refractivity contribution in [3.63, 3.8) is 0 Å². The van der Waals surface area contributed by atoms with Crippen molar-refractivity contribution in [2.24, 2.45) is 0 Å². The fourth-order valence-electron chi connectivity index (χ4n) is 2.31. The number of carbonyl (C=O) groups is 1. The van der Waals surface area contributed by atoms with Crippen LogP contribution in [0.1, 0.15) is 22.8 Å². The van der Waals surface area contributed by atoms with Gasteiger partial charge in [0.15, 0.2) is 0 Å². The van der Waals surface area contributed by atoms with Gasteiger partial charge in [0.05, 0.1) is 11.0 Å². The van der Waals surface area contributed by atoms with Crippen molar-refractivity contribution in [2.45, 2.75) is 13.3 Å². The smallest absolute Gasteiger partial charge is 0.251 e. The first kappa shape index (κ1) is 14.1. The molecule has 2 aromatic carbocycles. The third-order valence-corrected chi connectivity index (χ3v) is 3.60. The van der Waals surface area contributed by atoms with Gasteiger partial charge in [0, 0.05) is 18.3 Å². The minimum absolute atomic E-state index is 0.116. The normalized spacial score (nSPS) is 10.6. The summed E-state index contributed by atoms with van der Waals surface area (Å²) < 4.78 is 0. The van der Waals surface area contributed by atoms with Crippen LogP contribution in [-0.4, -0.2) is 22.9 Å². The molecule has 3 N–H and O–H groups in total. The maximum atomic E-state index is 11.7. The SMILES string of the molecule is CCc1ccc(Nc2nc3cc(C(=O)NC)ccc3[nH]2)cc1. The zero-order valence-corrected chi connectivity index (χ0v) is 12.6. The van der Waals surface area contributed by atoms with Crippen LogP contribution in [0.3, 0.4) is 0 Å². The second kappa shape index (κ2) is 5.89. The van der Waals surface area contributed by atoms with Gasteiger partial charge in [0.25, 0.3) is 5.91 Å². The highest BCUT2D eigenvalue weighted by atomic mass is 16.1. The monoisotopic (exact) mass is 294 g/mol. The molecule has 0 spiro atoms. The molecule has 0 saturated carbocycles. The number of imidazole rings is 1. The third-order valence-electron chi connectivity index (χ3n) is 3.60. The van der Waals surface area contributed by atoms with E-state index in [1.807, 2.05) is 18.2 Å². The summed E-state index contributed by atoms with van der Waals surface area (Å²) >= 11 is 0. The number of carbonyl (C=O) groups excluding carboxylic acids is 1. The number of fused-ring (bicyclic) bond motifs is 1. The number of H-pyrrole nitrogens is 1. The number of anilines is 2. The Morgan fingerprint density at radius 3 is 2.64 bits per heavy atom. The molecule has 0 aliphatic carbocycles.